The van der Waals surface area contributed by atoms with Gasteiger partial charge in [0, 0.05) is 11.6 Å². The zero-order valence-electron chi connectivity index (χ0n) is 20.3. The minimum atomic E-state index is -1.01. The van der Waals surface area contributed by atoms with Crippen molar-refractivity contribution in [1.82, 2.24) is 0 Å². The third-order valence-corrected chi connectivity index (χ3v) is 6.51. The summed E-state index contributed by atoms with van der Waals surface area (Å²) in [5.74, 6) is 0.422. The molecule has 0 radical (unpaired) electrons. The van der Waals surface area contributed by atoms with E-state index < -0.39 is 24.0 Å². The van der Waals surface area contributed by atoms with Crippen molar-refractivity contribution >= 4 is 23.2 Å². The molecule has 0 aromatic heterocycles. The van der Waals surface area contributed by atoms with E-state index in [-0.39, 0.29) is 5.91 Å². The summed E-state index contributed by atoms with van der Waals surface area (Å²) in [4.78, 5) is 34.8. The fraction of sp³-hybridized carbons (Fsp3) is 0.259. The highest BCUT2D eigenvalue weighted by Gasteiger charge is 2.61. The lowest BCUT2D eigenvalue weighted by Crippen LogP contribution is -2.37. The predicted octanol–water partition coefficient (Wildman–Crippen LogP) is 3.77. The molecule has 0 unspecified atom stereocenters. The molecule has 0 saturated carbocycles. The van der Waals surface area contributed by atoms with Gasteiger partial charge in [0.25, 0.3) is 5.91 Å². The van der Waals surface area contributed by atoms with Crippen molar-refractivity contribution in [3.05, 3.63) is 72.3 Å². The van der Waals surface area contributed by atoms with Crippen LogP contribution in [0.3, 0.4) is 0 Å². The Labute approximate surface area is 208 Å². The molecule has 2 amide bonds. The van der Waals surface area contributed by atoms with Crippen LogP contribution in [0, 0.1) is 5.92 Å². The van der Waals surface area contributed by atoms with Gasteiger partial charge in [0.05, 0.1) is 39.8 Å². The second kappa shape index (κ2) is 9.43. The Morgan fingerprint density at radius 3 is 1.94 bits per heavy atom. The summed E-state index contributed by atoms with van der Waals surface area (Å²) in [6, 6.07) is 18.9. The van der Waals surface area contributed by atoms with E-state index in [4.69, 9.17) is 23.8 Å². The number of hydrogen-bond donors (Lipinski definition) is 0. The average Bonchev–Trinajstić information content (AvgIpc) is 3.43. The molecule has 3 atom stereocenters. The van der Waals surface area contributed by atoms with Gasteiger partial charge >= 0.3 is 0 Å². The van der Waals surface area contributed by atoms with Gasteiger partial charge in [-0.05, 0) is 42.5 Å². The van der Waals surface area contributed by atoms with Gasteiger partial charge in [-0.2, -0.15) is 0 Å². The van der Waals surface area contributed by atoms with Crippen molar-refractivity contribution in [2.75, 3.05) is 38.4 Å². The minimum absolute atomic E-state index is 0.365. The summed E-state index contributed by atoms with van der Waals surface area (Å²) in [5, 5.41) is 1.61. The van der Waals surface area contributed by atoms with Gasteiger partial charge in [-0.1, -0.05) is 18.2 Å². The molecule has 2 fully saturated rings. The average molecular weight is 491 g/mol. The molecule has 0 N–H and O–H groups in total. The molecular formula is C27H26N2O7. The third kappa shape index (κ3) is 3.68. The minimum Gasteiger partial charge on any atom is -0.497 e. The van der Waals surface area contributed by atoms with E-state index in [1.807, 2.05) is 30.3 Å². The van der Waals surface area contributed by atoms with Crippen molar-refractivity contribution in [3.8, 4) is 23.0 Å². The Kier molecular flexibility index (Phi) is 6.15. The Morgan fingerprint density at radius 2 is 1.33 bits per heavy atom. The van der Waals surface area contributed by atoms with E-state index in [1.165, 1.54) is 26.2 Å². The van der Waals surface area contributed by atoms with Crippen molar-refractivity contribution in [1.29, 1.82) is 0 Å². The number of carbonyl (C=O) groups excluding carboxylic acids is 2. The number of hydroxylamine groups is 1. The normalized spacial score (nSPS) is 20.9. The van der Waals surface area contributed by atoms with Crippen molar-refractivity contribution in [2.24, 2.45) is 5.92 Å². The third-order valence-electron chi connectivity index (χ3n) is 6.51. The number of amides is 2. The van der Waals surface area contributed by atoms with Crippen LogP contribution in [0.25, 0.3) is 0 Å². The number of ether oxygens (including phenoxy) is 4. The summed E-state index contributed by atoms with van der Waals surface area (Å²) in [7, 11) is 6.16. The Balaban J connectivity index is 1.63. The summed E-state index contributed by atoms with van der Waals surface area (Å²) in [5.41, 5.74) is 1.78. The van der Waals surface area contributed by atoms with Crippen LogP contribution in [0.2, 0.25) is 0 Å². The molecule has 0 aliphatic carbocycles. The van der Waals surface area contributed by atoms with Gasteiger partial charge in [0.1, 0.15) is 23.5 Å². The smallest absolute Gasteiger partial charge is 0.266 e. The van der Waals surface area contributed by atoms with Crippen LogP contribution in [0.5, 0.6) is 23.0 Å². The van der Waals surface area contributed by atoms with Crippen LogP contribution in [0.1, 0.15) is 11.6 Å². The summed E-state index contributed by atoms with van der Waals surface area (Å²) in [6.45, 7) is 0. The van der Waals surface area contributed by atoms with Crippen LogP contribution in [0.4, 0.5) is 11.4 Å². The van der Waals surface area contributed by atoms with E-state index in [0.717, 1.165) is 0 Å². The number of hydrogen-bond acceptors (Lipinski definition) is 8. The first-order valence-corrected chi connectivity index (χ1v) is 11.3. The Morgan fingerprint density at radius 1 is 0.694 bits per heavy atom. The molecule has 0 spiro atoms. The molecule has 9 heteroatoms. The van der Waals surface area contributed by atoms with Crippen molar-refractivity contribution < 1.29 is 33.4 Å². The lowest BCUT2D eigenvalue weighted by Gasteiger charge is -2.30. The molecule has 2 aliphatic heterocycles. The SMILES string of the molecule is COc1ccc(N2C(=O)[C@H]3[C@@H](c4cc(OC)c(OC)cc4OC)N(c4ccccc4)O[C@H]3C2=O)cc1. The lowest BCUT2D eigenvalue weighted by molar-refractivity contribution is -0.126. The number of fused-ring (bicyclic) bond motifs is 1. The van der Waals surface area contributed by atoms with Gasteiger partial charge in [-0.25, -0.2) is 9.96 Å². The second-order valence-electron chi connectivity index (χ2n) is 8.32. The summed E-state index contributed by atoms with van der Waals surface area (Å²) in [6.07, 6.45) is -1.01. The number of imide groups is 1. The van der Waals surface area contributed by atoms with Crippen molar-refractivity contribution in [2.45, 2.75) is 12.1 Å². The first-order valence-electron chi connectivity index (χ1n) is 11.3. The Hall–Kier alpha value is -4.24. The van der Waals surface area contributed by atoms with Crippen molar-refractivity contribution in [3.63, 3.8) is 0 Å². The monoisotopic (exact) mass is 490 g/mol. The van der Waals surface area contributed by atoms with E-state index in [1.54, 1.807) is 48.6 Å². The summed E-state index contributed by atoms with van der Waals surface area (Å²) < 4.78 is 21.9. The van der Waals surface area contributed by atoms with Crippen LogP contribution in [-0.4, -0.2) is 46.4 Å². The molecule has 0 bridgehead atoms. The molecule has 186 valence electrons. The van der Waals surface area contributed by atoms with E-state index in [9.17, 15) is 9.59 Å². The zero-order valence-corrected chi connectivity index (χ0v) is 20.3. The summed E-state index contributed by atoms with van der Waals surface area (Å²) >= 11 is 0. The Bertz CT molecular complexity index is 1280. The highest BCUT2D eigenvalue weighted by atomic mass is 16.7. The maximum absolute atomic E-state index is 13.9. The van der Waals surface area contributed by atoms with E-state index in [0.29, 0.717) is 39.9 Å². The molecule has 5 rings (SSSR count). The number of benzene rings is 3. The topological polar surface area (TPSA) is 86.8 Å². The van der Waals surface area contributed by atoms with Crippen LogP contribution in [0.15, 0.2) is 66.7 Å². The van der Waals surface area contributed by atoms with Gasteiger partial charge in [-0.15, -0.1) is 0 Å². The number of rotatable bonds is 7. The quantitative estimate of drug-likeness (QED) is 0.463. The van der Waals surface area contributed by atoms with Crippen LogP contribution >= 0.6 is 0 Å². The van der Waals surface area contributed by atoms with Crippen LogP contribution in [-0.2, 0) is 14.4 Å². The molecule has 2 aliphatic rings. The van der Waals surface area contributed by atoms with Gasteiger partial charge < -0.3 is 18.9 Å². The molecular weight excluding hydrogens is 464 g/mol. The molecule has 36 heavy (non-hydrogen) atoms. The lowest BCUT2D eigenvalue weighted by atomic mass is 9.89. The molecule has 3 aromatic rings. The number of methoxy groups -OCH3 is 4. The highest BCUT2D eigenvalue weighted by molar-refractivity contribution is 6.24. The fourth-order valence-electron chi connectivity index (χ4n) is 4.80. The van der Waals surface area contributed by atoms with Gasteiger partial charge in [-0.3, -0.25) is 14.4 Å². The molecule has 2 heterocycles. The standard InChI is InChI=1S/C27H26N2O7/c1-32-18-12-10-16(11-13-18)28-26(30)23-24(19-14-21(34-3)22(35-4)15-20(19)33-2)29(36-25(23)27(28)31)17-8-6-5-7-9-17/h5-15,23-25H,1-4H3/t23-,24+,25+/m0/s1. The van der Waals surface area contributed by atoms with Gasteiger partial charge in [0.2, 0.25) is 5.91 Å². The highest BCUT2D eigenvalue weighted by Crippen LogP contribution is 2.51. The number of nitrogens with zero attached hydrogens (tertiary/aromatic N) is 2. The largest absolute Gasteiger partial charge is 0.497 e. The first-order chi connectivity index (χ1) is 17.5. The maximum atomic E-state index is 13.9. The number of para-hydroxylation sites is 1. The van der Waals surface area contributed by atoms with Crippen LogP contribution < -0.4 is 28.9 Å². The molecule has 9 nitrogen and oxygen atoms in total. The molecule has 2 saturated heterocycles. The zero-order chi connectivity index (χ0) is 25.4. The predicted molar refractivity (Wildman–Crippen MR) is 132 cm³/mol. The number of anilines is 2. The fourth-order valence-corrected chi connectivity index (χ4v) is 4.80. The maximum Gasteiger partial charge on any atom is 0.266 e. The van der Waals surface area contributed by atoms with E-state index >= 15 is 0 Å². The first kappa shape index (κ1) is 23.5. The van der Waals surface area contributed by atoms with E-state index in [2.05, 4.69) is 0 Å². The van der Waals surface area contributed by atoms with Gasteiger partial charge in [0.15, 0.2) is 17.6 Å². The number of carbonyl (C=O) groups is 2. The molecule has 3 aromatic carbocycles. The second-order valence-corrected chi connectivity index (χ2v) is 8.32.